The molecular formula is C22H38IN5O2. The molecule has 1 aromatic carbocycles. The molecule has 0 bridgehead atoms. The smallest absolute Gasteiger partial charge is 0.244 e. The number of anilines is 1. The van der Waals surface area contributed by atoms with Crippen molar-refractivity contribution in [1.82, 2.24) is 15.5 Å². The first-order chi connectivity index (χ1) is 14.1. The van der Waals surface area contributed by atoms with Crippen molar-refractivity contribution >= 4 is 41.5 Å². The maximum atomic E-state index is 12.6. The van der Waals surface area contributed by atoms with Gasteiger partial charge >= 0.3 is 0 Å². The van der Waals surface area contributed by atoms with E-state index in [2.05, 4.69) is 46.5 Å². The number of benzene rings is 1. The van der Waals surface area contributed by atoms with Crippen LogP contribution in [0.3, 0.4) is 0 Å². The fraction of sp³-hybridized carbons (Fsp3) is 0.636. The number of nitrogens with zero attached hydrogens (tertiary/aromatic N) is 3. The highest BCUT2D eigenvalue weighted by atomic mass is 127. The number of carbonyl (C=O) groups is 1. The first-order valence-electron chi connectivity index (χ1n) is 10.8. The van der Waals surface area contributed by atoms with Crippen molar-refractivity contribution in [3.8, 4) is 0 Å². The highest BCUT2D eigenvalue weighted by molar-refractivity contribution is 14.0. The Morgan fingerprint density at radius 3 is 2.47 bits per heavy atom. The van der Waals surface area contributed by atoms with Gasteiger partial charge < -0.3 is 25.2 Å². The molecule has 2 rings (SSSR count). The van der Waals surface area contributed by atoms with Crippen LogP contribution in [-0.2, 0) is 9.53 Å². The van der Waals surface area contributed by atoms with Crippen molar-refractivity contribution in [3.63, 3.8) is 0 Å². The molecular weight excluding hydrogens is 493 g/mol. The molecule has 1 aromatic rings. The van der Waals surface area contributed by atoms with E-state index in [1.807, 2.05) is 30.0 Å². The second kappa shape index (κ2) is 15.3. The van der Waals surface area contributed by atoms with Gasteiger partial charge in [0.05, 0.1) is 0 Å². The third-order valence-corrected chi connectivity index (χ3v) is 4.68. The maximum absolute atomic E-state index is 12.6. The summed E-state index contributed by atoms with van der Waals surface area (Å²) in [7, 11) is 0. The van der Waals surface area contributed by atoms with Gasteiger partial charge in [0.15, 0.2) is 5.96 Å². The lowest BCUT2D eigenvalue weighted by Gasteiger charge is -2.36. The standard InChI is InChI=1S/C22H37N5O2.HI/c1-4-23-22(24-11-8-16-29-18-19(2)3)25-17-21(28)27-14-12-26(13-15-27)20-9-6-5-7-10-20;/h5-7,9-10,19H,4,8,11-18H2,1-3H3,(H2,23,24,25);1H. The van der Waals surface area contributed by atoms with Crippen LogP contribution < -0.4 is 15.5 Å². The van der Waals surface area contributed by atoms with Crippen LogP contribution in [0.5, 0.6) is 0 Å². The van der Waals surface area contributed by atoms with Crippen LogP contribution in [0.4, 0.5) is 5.69 Å². The topological polar surface area (TPSA) is 69.2 Å². The first-order valence-corrected chi connectivity index (χ1v) is 10.8. The van der Waals surface area contributed by atoms with Crippen LogP contribution in [-0.4, -0.2) is 75.8 Å². The van der Waals surface area contributed by atoms with Crippen molar-refractivity contribution in [2.45, 2.75) is 27.2 Å². The van der Waals surface area contributed by atoms with Gasteiger partial charge in [0.2, 0.25) is 5.91 Å². The zero-order chi connectivity index (χ0) is 20.9. The van der Waals surface area contributed by atoms with Crippen LogP contribution in [0.25, 0.3) is 0 Å². The van der Waals surface area contributed by atoms with E-state index in [0.717, 1.165) is 58.9 Å². The van der Waals surface area contributed by atoms with Gasteiger partial charge in [-0.05, 0) is 31.4 Å². The Bertz CT molecular complexity index is 619. The number of hydrogen-bond acceptors (Lipinski definition) is 4. The summed E-state index contributed by atoms with van der Waals surface area (Å²) in [5, 5.41) is 6.47. The normalized spacial score (nSPS) is 14.5. The van der Waals surface area contributed by atoms with Crippen molar-refractivity contribution in [1.29, 1.82) is 0 Å². The summed E-state index contributed by atoms with van der Waals surface area (Å²) in [6.45, 7) is 12.7. The number of para-hydroxylation sites is 1. The maximum Gasteiger partial charge on any atom is 0.244 e. The average Bonchev–Trinajstić information content (AvgIpc) is 2.74. The third-order valence-electron chi connectivity index (χ3n) is 4.68. The van der Waals surface area contributed by atoms with Gasteiger partial charge in [0.25, 0.3) is 0 Å². The van der Waals surface area contributed by atoms with Gasteiger partial charge in [-0.15, -0.1) is 24.0 Å². The fourth-order valence-electron chi connectivity index (χ4n) is 3.14. The summed E-state index contributed by atoms with van der Waals surface area (Å²) in [4.78, 5) is 21.2. The molecule has 2 N–H and O–H groups in total. The lowest BCUT2D eigenvalue weighted by atomic mass is 10.2. The summed E-state index contributed by atoms with van der Waals surface area (Å²) < 4.78 is 5.59. The van der Waals surface area contributed by atoms with E-state index >= 15 is 0 Å². The summed E-state index contributed by atoms with van der Waals surface area (Å²) in [6.07, 6.45) is 0.909. The molecule has 0 aliphatic carbocycles. The number of ether oxygens (including phenoxy) is 1. The van der Waals surface area contributed by atoms with Crippen LogP contribution in [0, 0.1) is 5.92 Å². The molecule has 0 saturated carbocycles. The number of halogens is 1. The molecule has 8 heteroatoms. The summed E-state index contributed by atoms with van der Waals surface area (Å²) in [6, 6.07) is 10.4. The molecule has 1 aliphatic rings. The molecule has 1 amide bonds. The quantitative estimate of drug-likeness (QED) is 0.210. The Morgan fingerprint density at radius 2 is 1.83 bits per heavy atom. The van der Waals surface area contributed by atoms with Gasteiger partial charge in [-0.1, -0.05) is 32.0 Å². The molecule has 7 nitrogen and oxygen atoms in total. The van der Waals surface area contributed by atoms with Gasteiger partial charge in [-0.3, -0.25) is 4.79 Å². The number of aliphatic imine (C=N–C) groups is 1. The minimum Gasteiger partial charge on any atom is -0.381 e. The van der Waals surface area contributed by atoms with Gasteiger partial charge in [-0.25, -0.2) is 4.99 Å². The van der Waals surface area contributed by atoms with Crippen LogP contribution in [0.15, 0.2) is 35.3 Å². The third kappa shape index (κ3) is 9.97. The molecule has 0 spiro atoms. The van der Waals surface area contributed by atoms with Crippen LogP contribution in [0.2, 0.25) is 0 Å². The molecule has 170 valence electrons. The Balaban J connectivity index is 0.00000450. The molecule has 1 saturated heterocycles. The summed E-state index contributed by atoms with van der Waals surface area (Å²) in [5.74, 6) is 1.32. The largest absolute Gasteiger partial charge is 0.381 e. The second-order valence-electron chi connectivity index (χ2n) is 7.65. The zero-order valence-electron chi connectivity index (χ0n) is 18.6. The highest BCUT2D eigenvalue weighted by Crippen LogP contribution is 2.15. The van der Waals surface area contributed by atoms with E-state index in [1.54, 1.807) is 0 Å². The Hall–Kier alpha value is -1.55. The first kappa shape index (κ1) is 26.5. The number of rotatable bonds is 10. The number of nitrogens with one attached hydrogen (secondary N) is 2. The van der Waals surface area contributed by atoms with E-state index < -0.39 is 0 Å². The average molecular weight is 531 g/mol. The summed E-state index contributed by atoms with van der Waals surface area (Å²) >= 11 is 0. The van der Waals surface area contributed by atoms with Crippen molar-refractivity contribution < 1.29 is 9.53 Å². The SMILES string of the molecule is CCNC(=NCC(=O)N1CCN(c2ccccc2)CC1)NCCCOCC(C)C.I. The molecule has 0 radical (unpaired) electrons. The lowest BCUT2D eigenvalue weighted by Crippen LogP contribution is -2.49. The molecule has 0 atom stereocenters. The van der Waals surface area contributed by atoms with E-state index in [-0.39, 0.29) is 36.4 Å². The predicted molar refractivity (Wildman–Crippen MR) is 135 cm³/mol. The highest BCUT2D eigenvalue weighted by Gasteiger charge is 2.20. The van der Waals surface area contributed by atoms with Crippen molar-refractivity contribution in [3.05, 3.63) is 30.3 Å². The van der Waals surface area contributed by atoms with Crippen LogP contribution in [0.1, 0.15) is 27.2 Å². The summed E-state index contributed by atoms with van der Waals surface area (Å²) in [5.41, 5.74) is 1.22. The number of carbonyl (C=O) groups excluding carboxylic acids is 1. The number of piperazine rings is 1. The van der Waals surface area contributed by atoms with E-state index in [0.29, 0.717) is 11.9 Å². The Labute approximate surface area is 198 Å². The molecule has 0 unspecified atom stereocenters. The van der Waals surface area contributed by atoms with E-state index in [9.17, 15) is 4.79 Å². The monoisotopic (exact) mass is 531 g/mol. The minimum atomic E-state index is 0. The van der Waals surface area contributed by atoms with Gasteiger partial charge in [0.1, 0.15) is 6.54 Å². The predicted octanol–water partition coefficient (Wildman–Crippen LogP) is 2.57. The molecule has 1 aliphatic heterocycles. The van der Waals surface area contributed by atoms with Gasteiger partial charge in [0, 0.05) is 58.2 Å². The second-order valence-corrected chi connectivity index (χ2v) is 7.65. The Kier molecular flexibility index (Phi) is 13.5. The Morgan fingerprint density at radius 1 is 1.13 bits per heavy atom. The number of guanidine groups is 1. The minimum absolute atomic E-state index is 0. The van der Waals surface area contributed by atoms with Crippen molar-refractivity contribution in [2.75, 3.05) is 63.9 Å². The molecule has 1 fully saturated rings. The number of amides is 1. The lowest BCUT2D eigenvalue weighted by molar-refractivity contribution is -0.129. The zero-order valence-corrected chi connectivity index (χ0v) is 20.9. The van der Waals surface area contributed by atoms with Crippen molar-refractivity contribution in [2.24, 2.45) is 10.9 Å². The molecule has 1 heterocycles. The van der Waals surface area contributed by atoms with Gasteiger partial charge in [-0.2, -0.15) is 0 Å². The van der Waals surface area contributed by atoms with E-state index in [4.69, 9.17) is 4.74 Å². The molecule has 0 aromatic heterocycles. The molecule has 30 heavy (non-hydrogen) atoms. The van der Waals surface area contributed by atoms with E-state index in [1.165, 1.54) is 5.69 Å². The van der Waals surface area contributed by atoms with Crippen LogP contribution >= 0.6 is 24.0 Å². The number of hydrogen-bond donors (Lipinski definition) is 2. The fourth-order valence-corrected chi connectivity index (χ4v) is 3.14.